The first-order chi connectivity index (χ1) is 6.70. The van der Waals surface area contributed by atoms with Crippen LogP contribution in [0.3, 0.4) is 0 Å². The molecule has 0 heterocycles. The minimum atomic E-state index is -2.55. The number of fused-ring (bicyclic) bond motifs is 1. The summed E-state index contributed by atoms with van der Waals surface area (Å²) in [6.07, 6.45) is -0.635. The van der Waals surface area contributed by atoms with Gasteiger partial charge in [-0.25, -0.2) is 8.78 Å². The van der Waals surface area contributed by atoms with Gasteiger partial charge in [-0.05, 0) is 18.4 Å². The van der Waals surface area contributed by atoms with Gasteiger partial charge >= 0.3 is 0 Å². The maximum atomic E-state index is 12.6. The van der Waals surface area contributed by atoms with Crippen molar-refractivity contribution in [3.63, 3.8) is 0 Å². The van der Waals surface area contributed by atoms with E-state index in [1.807, 2.05) is 0 Å². The molecule has 1 aromatic rings. The van der Waals surface area contributed by atoms with E-state index in [9.17, 15) is 13.6 Å². The number of hydrogen-bond acceptors (Lipinski definition) is 1. The first-order valence-corrected chi connectivity index (χ1v) is 4.63. The predicted molar refractivity (Wildman–Crippen MR) is 48.7 cm³/mol. The molecule has 0 unspecified atom stereocenters. The maximum Gasteiger partial charge on any atom is 0.264 e. The van der Waals surface area contributed by atoms with E-state index >= 15 is 0 Å². The SMILES string of the molecule is O=C1CCCc2cccc(C(F)F)c21. The highest BCUT2D eigenvalue weighted by Crippen LogP contribution is 2.30. The molecule has 1 nitrogen and oxygen atoms in total. The van der Waals surface area contributed by atoms with E-state index in [1.54, 1.807) is 12.1 Å². The predicted octanol–water partition coefficient (Wildman–Crippen LogP) is 3.14. The van der Waals surface area contributed by atoms with Gasteiger partial charge in [0.25, 0.3) is 6.43 Å². The summed E-state index contributed by atoms with van der Waals surface area (Å²) < 4.78 is 25.2. The number of ketones is 1. The number of aryl methyl sites for hydroxylation is 1. The minimum Gasteiger partial charge on any atom is -0.294 e. The van der Waals surface area contributed by atoms with Crippen LogP contribution in [0, 0.1) is 0 Å². The molecule has 3 heteroatoms. The Kier molecular flexibility index (Phi) is 2.32. The van der Waals surface area contributed by atoms with Crippen molar-refractivity contribution < 1.29 is 13.6 Å². The quantitative estimate of drug-likeness (QED) is 0.674. The second-order valence-electron chi connectivity index (χ2n) is 3.46. The zero-order valence-electron chi connectivity index (χ0n) is 7.59. The average Bonchev–Trinajstić information content (AvgIpc) is 2.17. The van der Waals surface area contributed by atoms with Crippen LogP contribution in [0.5, 0.6) is 0 Å². The molecule has 0 aliphatic heterocycles. The smallest absolute Gasteiger partial charge is 0.264 e. The molecular formula is C11H10F2O. The van der Waals surface area contributed by atoms with Crippen molar-refractivity contribution in [1.29, 1.82) is 0 Å². The number of rotatable bonds is 1. The number of hydrogen-bond donors (Lipinski definition) is 0. The number of carbonyl (C=O) groups is 1. The lowest BCUT2D eigenvalue weighted by molar-refractivity contribution is 0.0957. The van der Waals surface area contributed by atoms with Crippen molar-refractivity contribution in [3.8, 4) is 0 Å². The summed E-state index contributed by atoms with van der Waals surface area (Å²) >= 11 is 0. The van der Waals surface area contributed by atoms with Crippen molar-refractivity contribution in [3.05, 3.63) is 34.9 Å². The summed E-state index contributed by atoms with van der Waals surface area (Å²) in [5.41, 5.74) is 0.944. The van der Waals surface area contributed by atoms with Crippen LogP contribution in [0.4, 0.5) is 8.78 Å². The molecule has 0 amide bonds. The van der Waals surface area contributed by atoms with E-state index in [-0.39, 0.29) is 16.9 Å². The third-order valence-corrected chi connectivity index (χ3v) is 2.55. The minimum absolute atomic E-state index is 0.104. The molecule has 0 aromatic heterocycles. The van der Waals surface area contributed by atoms with Crippen LogP contribution in [0.2, 0.25) is 0 Å². The summed E-state index contributed by atoms with van der Waals surface area (Å²) in [7, 11) is 0. The van der Waals surface area contributed by atoms with Crippen LogP contribution < -0.4 is 0 Å². The Balaban J connectivity index is 2.57. The fourth-order valence-corrected chi connectivity index (χ4v) is 1.91. The van der Waals surface area contributed by atoms with E-state index in [1.165, 1.54) is 6.07 Å². The molecule has 1 aliphatic rings. The van der Waals surface area contributed by atoms with E-state index in [0.29, 0.717) is 6.42 Å². The second-order valence-corrected chi connectivity index (χ2v) is 3.46. The Morgan fingerprint density at radius 2 is 2.00 bits per heavy atom. The Hall–Kier alpha value is -1.25. The third kappa shape index (κ3) is 1.43. The highest BCUT2D eigenvalue weighted by Gasteiger charge is 2.23. The summed E-state index contributed by atoms with van der Waals surface area (Å²) in [5.74, 6) is -0.137. The molecule has 0 N–H and O–H groups in total. The zero-order chi connectivity index (χ0) is 10.1. The lowest BCUT2D eigenvalue weighted by atomic mass is 9.87. The Morgan fingerprint density at radius 3 is 2.71 bits per heavy atom. The van der Waals surface area contributed by atoms with Crippen LogP contribution in [0.15, 0.2) is 18.2 Å². The van der Waals surface area contributed by atoms with Crippen molar-refractivity contribution >= 4 is 5.78 Å². The monoisotopic (exact) mass is 196 g/mol. The van der Waals surface area contributed by atoms with Crippen molar-refractivity contribution in [1.82, 2.24) is 0 Å². The van der Waals surface area contributed by atoms with E-state index in [0.717, 1.165) is 18.4 Å². The van der Waals surface area contributed by atoms with Crippen molar-refractivity contribution in [2.75, 3.05) is 0 Å². The molecule has 1 aliphatic carbocycles. The van der Waals surface area contributed by atoms with Crippen molar-refractivity contribution in [2.45, 2.75) is 25.7 Å². The number of halogens is 2. The van der Waals surface area contributed by atoms with Gasteiger partial charge in [0.15, 0.2) is 5.78 Å². The molecule has 0 bridgehead atoms. The standard InChI is InChI=1S/C11H10F2O/c12-11(13)8-5-1-3-7-4-2-6-9(14)10(7)8/h1,3,5,11H,2,4,6H2. The molecule has 0 spiro atoms. The van der Waals surface area contributed by atoms with E-state index in [2.05, 4.69) is 0 Å². The van der Waals surface area contributed by atoms with E-state index < -0.39 is 6.43 Å². The molecule has 74 valence electrons. The van der Waals surface area contributed by atoms with Gasteiger partial charge in [0.05, 0.1) is 0 Å². The fraction of sp³-hybridized carbons (Fsp3) is 0.364. The Bertz CT molecular complexity index is 372. The van der Waals surface area contributed by atoms with Crippen LogP contribution >= 0.6 is 0 Å². The summed E-state index contributed by atoms with van der Waals surface area (Å²) in [6, 6.07) is 4.70. The lowest BCUT2D eigenvalue weighted by Crippen LogP contribution is -2.13. The van der Waals surface area contributed by atoms with Gasteiger partial charge in [-0.2, -0.15) is 0 Å². The van der Waals surface area contributed by atoms with Gasteiger partial charge in [-0.3, -0.25) is 4.79 Å². The van der Waals surface area contributed by atoms with Gasteiger partial charge in [-0.15, -0.1) is 0 Å². The third-order valence-electron chi connectivity index (χ3n) is 2.55. The molecule has 0 saturated carbocycles. The normalized spacial score (nSPS) is 15.8. The molecule has 0 radical (unpaired) electrons. The van der Waals surface area contributed by atoms with Crippen LogP contribution in [-0.2, 0) is 6.42 Å². The maximum absolute atomic E-state index is 12.6. The topological polar surface area (TPSA) is 17.1 Å². The number of Topliss-reactive ketones (excluding diaryl/α,β-unsaturated/α-hetero) is 1. The molecule has 1 aromatic carbocycles. The number of alkyl halides is 2. The molecule has 0 atom stereocenters. The number of benzene rings is 1. The van der Waals surface area contributed by atoms with E-state index in [4.69, 9.17) is 0 Å². The van der Waals surface area contributed by atoms with Gasteiger partial charge in [0.2, 0.25) is 0 Å². The second kappa shape index (κ2) is 3.48. The summed E-state index contributed by atoms with van der Waals surface area (Å²) in [4.78, 5) is 11.5. The van der Waals surface area contributed by atoms with Gasteiger partial charge in [0, 0.05) is 17.5 Å². The summed E-state index contributed by atoms with van der Waals surface area (Å²) in [6.45, 7) is 0. The largest absolute Gasteiger partial charge is 0.294 e. The lowest BCUT2D eigenvalue weighted by Gasteiger charge is -2.17. The van der Waals surface area contributed by atoms with Gasteiger partial charge in [-0.1, -0.05) is 18.2 Å². The Labute approximate surface area is 80.7 Å². The zero-order valence-corrected chi connectivity index (χ0v) is 7.59. The highest BCUT2D eigenvalue weighted by atomic mass is 19.3. The highest BCUT2D eigenvalue weighted by molar-refractivity contribution is 5.99. The number of carbonyl (C=O) groups excluding carboxylic acids is 1. The fourth-order valence-electron chi connectivity index (χ4n) is 1.91. The molecule has 2 rings (SSSR count). The van der Waals surface area contributed by atoms with Crippen molar-refractivity contribution in [2.24, 2.45) is 0 Å². The van der Waals surface area contributed by atoms with Crippen LogP contribution in [0.25, 0.3) is 0 Å². The van der Waals surface area contributed by atoms with Crippen LogP contribution in [0.1, 0.15) is 40.8 Å². The van der Waals surface area contributed by atoms with Crippen LogP contribution in [-0.4, -0.2) is 5.78 Å². The molecule has 14 heavy (non-hydrogen) atoms. The summed E-state index contributed by atoms with van der Waals surface area (Å²) in [5, 5.41) is 0. The molecule has 0 fully saturated rings. The first kappa shape index (κ1) is 9.31. The van der Waals surface area contributed by atoms with Gasteiger partial charge < -0.3 is 0 Å². The first-order valence-electron chi connectivity index (χ1n) is 4.63. The average molecular weight is 196 g/mol. The van der Waals surface area contributed by atoms with Gasteiger partial charge in [0.1, 0.15) is 0 Å². The molecular weight excluding hydrogens is 186 g/mol. The molecule has 0 saturated heterocycles. The Morgan fingerprint density at radius 1 is 1.21 bits per heavy atom.